The predicted molar refractivity (Wildman–Crippen MR) is 140 cm³/mol. The molecular weight excluding hydrogens is 489 g/mol. The Bertz CT molecular complexity index is 1640. The third-order valence-corrected chi connectivity index (χ3v) is 7.83. The van der Waals surface area contributed by atoms with Crippen molar-refractivity contribution in [2.75, 3.05) is 4.90 Å². The molecule has 5 aromatic rings. The van der Waals surface area contributed by atoms with E-state index in [2.05, 4.69) is 10.1 Å². The second-order valence-corrected chi connectivity index (χ2v) is 10.3. The van der Waals surface area contributed by atoms with Crippen molar-refractivity contribution in [2.45, 2.75) is 25.3 Å². The highest BCUT2D eigenvalue weighted by Crippen LogP contribution is 2.48. The molecule has 2 N–H and O–H groups in total. The first-order valence-corrected chi connectivity index (χ1v) is 12.6. The lowest BCUT2D eigenvalue weighted by molar-refractivity contribution is -0.117. The summed E-state index contributed by atoms with van der Waals surface area (Å²) in [6.45, 7) is 1.82. The van der Waals surface area contributed by atoms with Crippen molar-refractivity contribution in [2.24, 2.45) is 5.73 Å². The zero-order valence-corrected chi connectivity index (χ0v) is 20.7. The number of carbonyl (C=O) groups excluding carboxylic acids is 2. The summed E-state index contributed by atoms with van der Waals surface area (Å²) in [6, 6.07) is 21.5. The number of primary amides is 1. The molecule has 0 unspecified atom stereocenters. The van der Waals surface area contributed by atoms with Crippen LogP contribution in [0.15, 0.2) is 79.0 Å². The number of nitrogens with two attached hydrogens (primary N) is 1. The molecule has 2 amide bonds. The number of halogens is 1. The molecule has 0 aliphatic carbocycles. The van der Waals surface area contributed by atoms with Gasteiger partial charge in [0, 0.05) is 28.3 Å². The Morgan fingerprint density at radius 2 is 1.78 bits per heavy atom. The van der Waals surface area contributed by atoms with Gasteiger partial charge < -0.3 is 10.6 Å². The summed E-state index contributed by atoms with van der Waals surface area (Å²) >= 11 is 1.41. The van der Waals surface area contributed by atoms with Crippen LogP contribution in [0.1, 0.15) is 44.3 Å². The maximum atomic E-state index is 13.5. The number of thiazole rings is 1. The molecule has 1 fully saturated rings. The van der Waals surface area contributed by atoms with Gasteiger partial charge >= 0.3 is 0 Å². The molecule has 37 heavy (non-hydrogen) atoms. The van der Waals surface area contributed by atoms with Gasteiger partial charge in [0.25, 0.3) is 5.91 Å². The van der Waals surface area contributed by atoms with Crippen LogP contribution < -0.4 is 10.6 Å². The molecule has 7 nitrogen and oxygen atoms in total. The number of rotatable bonds is 5. The SMILES string of the molecule is Cc1sc([C@H]2CC(=O)N(c3ccc4c(cnn4-c4ccc(F)cc4)c3)[C@H]2c2ccccc2)nc1C(N)=O. The van der Waals surface area contributed by atoms with Gasteiger partial charge in [0.1, 0.15) is 11.5 Å². The van der Waals surface area contributed by atoms with E-state index in [9.17, 15) is 14.0 Å². The first-order valence-electron chi connectivity index (χ1n) is 11.8. The molecule has 3 aromatic carbocycles. The van der Waals surface area contributed by atoms with Crippen LogP contribution in [0.5, 0.6) is 0 Å². The molecule has 3 heterocycles. The van der Waals surface area contributed by atoms with E-state index in [1.807, 2.05) is 60.4 Å². The van der Waals surface area contributed by atoms with Crippen LogP contribution in [0.2, 0.25) is 0 Å². The first-order chi connectivity index (χ1) is 17.9. The van der Waals surface area contributed by atoms with Crippen LogP contribution in [0, 0.1) is 12.7 Å². The van der Waals surface area contributed by atoms with Crippen LogP contribution in [-0.4, -0.2) is 26.6 Å². The number of hydrogen-bond donors (Lipinski definition) is 1. The Morgan fingerprint density at radius 1 is 1.05 bits per heavy atom. The molecule has 6 rings (SSSR count). The average molecular weight is 512 g/mol. The van der Waals surface area contributed by atoms with Crippen molar-refractivity contribution in [1.29, 1.82) is 0 Å². The minimum atomic E-state index is -0.568. The Labute approximate surface area is 216 Å². The summed E-state index contributed by atoms with van der Waals surface area (Å²) < 4.78 is 15.1. The van der Waals surface area contributed by atoms with Crippen molar-refractivity contribution >= 4 is 39.7 Å². The third kappa shape index (κ3) is 3.97. The molecule has 9 heteroatoms. The molecule has 2 aromatic heterocycles. The number of fused-ring (bicyclic) bond motifs is 1. The fraction of sp³-hybridized carbons (Fsp3) is 0.143. The van der Waals surface area contributed by atoms with Crippen LogP contribution in [0.25, 0.3) is 16.6 Å². The predicted octanol–water partition coefficient (Wildman–Crippen LogP) is 5.29. The highest BCUT2D eigenvalue weighted by Gasteiger charge is 2.44. The van der Waals surface area contributed by atoms with E-state index in [4.69, 9.17) is 5.73 Å². The van der Waals surface area contributed by atoms with Gasteiger partial charge in [-0.05, 0) is 55.0 Å². The molecule has 184 valence electrons. The van der Waals surface area contributed by atoms with E-state index in [1.165, 1.54) is 23.5 Å². The van der Waals surface area contributed by atoms with Gasteiger partial charge in [0.2, 0.25) is 5.91 Å². The molecule has 0 saturated carbocycles. The molecule has 0 bridgehead atoms. The normalized spacial score (nSPS) is 17.6. The molecular formula is C28H22FN5O2S. The smallest absolute Gasteiger partial charge is 0.268 e. The van der Waals surface area contributed by atoms with E-state index in [-0.39, 0.29) is 35.8 Å². The number of nitrogens with zero attached hydrogens (tertiary/aromatic N) is 4. The highest BCUT2D eigenvalue weighted by molar-refractivity contribution is 7.12. The zero-order chi connectivity index (χ0) is 25.7. The van der Waals surface area contributed by atoms with E-state index < -0.39 is 5.91 Å². The zero-order valence-electron chi connectivity index (χ0n) is 19.8. The van der Waals surface area contributed by atoms with Crippen molar-refractivity contribution in [3.63, 3.8) is 0 Å². The Hall–Kier alpha value is -4.37. The van der Waals surface area contributed by atoms with Crippen molar-refractivity contribution in [3.05, 3.63) is 106 Å². The second kappa shape index (κ2) is 8.94. The number of anilines is 1. The first kappa shape index (κ1) is 23.1. The lowest BCUT2D eigenvalue weighted by Crippen LogP contribution is -2.28. The topological polar surface area (TPSA) is 94.1 Å². The number of carbonyl (C=O) groups is 2. The van der Waals surface area contributed by atoms with Crippen LogP contribution in [0.3, 0.4) is 0 Å². The van der Waals surface area contributed by atoms with Crippen molar-refractivity contribution < 1.29 is 14.0 Å². The summed E-state index contributed by atoms with van der Waals surface area (Å²) in [5.41, 5.74) is 9.09. The van der Waals surface area contributed by atoms with E-state index in [0.29, 0.717) is 0 Å². The van der Waals surface area contributed by atoms with Gasteiger partial charge in [-0.15, -0.1) is 11.3 Å². The monoisotopic (exact) mass is 511 g/mol. The van der Waals surface area contributed by atoms with Gasteiger partial charge in [-0.2, -0.15) is 5.10 Å². The van der Waals surface area contributed by atoms with Crippen LogP contribution >= 0.6 is 11.3 Å². The quantitative estimate of drug-likeness (QED) is 0.347. The van der Waals surface area contributed by atoms with Crippen LogP contribution in [0.4, 0.5) is 10.1 Å². The maximum absolute atomic E-state index is 13.5. The summed E-state index contributed by atoms with van der Waals surface area (Å²) in [5, 5.41) is 6.07. The standard InChI is InChI=1S/C28H22FN5O2S/c1-16-25(27(30)36)32-28(37-16)22-14-24(35)33(26(22)17-5-3-2-4-6-17)21-11-12-23-18(13-21)15-31-34(23)20-9-7-19(29)8-10-20/h2-13,15,22,26H,14H2,1H3,(H2,30,36)/t22-,26-/m0/s1. The van der Waals surface area contributed by atoms with E-state index >= 15 is 0 Å². The third-order valence-electron chi connectivity index (χ3n) is 6.73. The minimum absolute atomic E-state index is 0.0300. The Morgan fingerprint density at radius 3 is 2.49 bits per heavy atom. The van der Waals surface area contributed by atoms with Gasteiger partial charge in [-0.3, -0.25) is 9.59 Å². The minimum Gasteiger partial charge on any atom is -0.364 e. The summed E-state index contributed by atoms with van der Waals surface area (Å²) in [5.74, 6) is -1.14. The van der Waals surface area contributed by atoms with Gasteiger partial charge in [-0.1, -0.05) is 30.3 Å². The van der Waals surface area contributed by atoms with Gasteiger partial charge in [-0.25, -0.2) is 14.1 Å². The Kier molecular flexibility index (Phi) is 5.57. The molecule has 1 aliphatic heterocycles. The number of amides is 2. The molecule has 0 radical (unpaired) electrons. The largest absolute Gasteiger partial charge is 0.364 e. The lowest BCUT2D eigenvalue weighted by Gasteiger charge is -2.28. The van der Waals surface area contributed by atoms with Crippen molar-refractivity contribution in [1.82, 2.24) is 14.8 Å². The fourth-order valence-electron chi connectivity index (χ4n) is 5.05. The fourth-order valence-corrected chi connectivity index (χ4v) is 6.11. The number of benzene rings is 3. The summed E-state index contributed by atoms with van der Waals surface area (Å²) in [7, 11) is 0. The van der Waals surface area contributed by atoms with E-state index in [0.717, 1.165) is 37.7 Å². The van der Waals surface area contributed by atoms with Gasteiger partial charge in [0.15, 0.2) is 0 Å². The second-order valence-electron chi connectivity index (χ2n) is 9.03. The molecule has 1 aliphatic rings. The summed E-state index contributed by atoms with van der Waals surface area (Å²) in [6.07, 6.45) is 2.00. The number of aromatic nitrogens is 3. The molecule has 0 spiro atoms. The van der Waals surface area contributed by atoms with Crippen molar-refractivity contribution in [3.8, 4) is 5.69 Å². The highest BCUT2D eigenvalue weighted by atomic mass is 32.1. The number of hydrogen-bond acceptors (Lipinski definition) is 5. The van der Waals surface area contributed by atoms with E-state index in [1.54, 1.807) is 23.0 Å². The number of aryl methyl sites for hydroxylation is 1. The molecule has 2 atom stereocenters. The maximum Gasteiger partial charge on any atom is 0.268 e. The Balaban J connectivity index is 1.43. The van der Waals surface area contributed by atoms with Gasteiger partial charge in [0.05, 0.1) is 28.5 Å². The average Bonchev–Trinajstić information content (AvgIpc) is 3.59. The molecule has 1 saturated heterocycles. The van der Waals surface area contributed by atoms with Crippen LogP contribution in [-0.2, 0) is 4.79 Å². The summed E-state index contributed by atoms with van der Waals surface area (Å²) in [4.78, 5) is 32.5. The lowest BCUT2D eigenvalue weighted by atomic mass is 9.94.